The van der Waals surface area contributed by atoms with Gasteiger partial charge in [0.2, 0.25) is 5.13 Å². The van der Waals surface area contributed by atoms with Gasteiger partial charge < -0.3 is 14.6 Å². The van der Waals surface area contributed by atoms with Gasteiger partial charge in [-0.05, 0) is 36.4 Å². The SMILES string of the molecule is COc1ccc(C)cc1NC(=O)Nc1nnc(Sc2nc3c(c(=O)n(C)c(=O)n3C)n2C)s1. The smallest absolute Gasteiger partial charge is 0.332 e. The topological polar surface area (TPSA) is 138 Å². The predicted molar refractivity (Wildman–Crippen MR) is 126 cm³/mol. The van der Waals surface area contributed by atoms with E-state index in [2.05, 4.69) is 25.8 Å². The molecule has 0 aliphatic carbocycles. The van der Waals surface area contributed by atoms with Gasteiger partial charge in [0, 0.05) is 21.1 Å². The lowest BCUT2D eigenvalue weighted by atomic mass is 10.2. The molecule has 33 heavy (non-hydrogen) atoms. The van der Waals surface area contributed by atoms with E-state index in [9.17, 15) is 14.4 Å². The number of hydrogen-bond donors (Lipinski definition) is 2. The molecule has 2 amide bonds. The Morgan fingerprint density at radius 3 is 2.58 bits per heavy atom. The molecule has 0 atom stereocenters. The van der Waals surface area contributed by atoms with Crippen molar-refractivity contribution in [2.24, 2.45) is 21.1 Å². The Balaban J connectivity index is 1.53. The van der Waals surface area contributed by atoms with E-state index in [1.807, 2.05) is 13.0 Å². The molecule has 3 heterocycles. The number of fused-ring (bicyclic) bond motifs is 1. The summed E-state index contributed by atoms with van der Waals surface area (Å²) in [5.41, 5.74) is 1.19. The van der Waals surface area contributed by atoms with Gasteiger partial charge in [-0.2, -0.15) is 0 Å². The van der Waals surface area contributed by atoms with Gasteiger partial charge in [-0.15, -0.1) is 10.2 Å². The van der Waals surface area contributed by atoms with Crippen molar-refractivity contribution in [2.45, 2.75) is 16.4 Å². The van der Waals surface area contributed by atoms with E-state index >= 15 is 0 Å². The molecule has 1 aromatic carbocycles. The molecule has 4 aromatic rings. The highest BCUT2D eigenvalue weighted by molar-refractivity contribution is 8.01. The fraction of sp³-hybridized carbons (Fsp3) is 0.263. The van der Waals surface area contributed by atoms with Crippen LogP contribution in [0.1, 0.15) is 5.56 Å². The van der Waals surface area contributed by atoms with Crippen LogP contribution < -0.4 is 26.6 Å². The quantitative estimate of drug-likeness (QED) is 0.407. The zero-order chi connectivity index (χ0) is 23.9. The molecule has 0 aliphatic rings. The fourth-order valence-corrected chi connectivity index (χ4v) is 4.84. The van der Waals surface area contributed by atoms with Crippen LogP contribution in [-0.2, 0) is 21.1 Å². The highest BCUT2D eigenvalue weighted by Gasteiger charge is 2.19. The monoisotopic (exact) mass is 488 g/mol. The van der Waals surface area contributed by atoms with Gasteiger partial charge >= 0.3 is 11.7 Å². The van der Waals surface area contributed by atoms with Gasteiger partial charge in [0.15, 0.2) is 20.7 Å². The molecule has 4 rings (SSSR count). The van der Waals surface area contributed by atoms with Crippen molar-refractivity contribution in [3.05, 3.63) is 44.6 Å². The Kier molecular flexibility index (Phi) is 5.95. The molecule has 0 fully saturated rings. The van der Waals surface area contributed by atoms with Crippen LogP contribution in [0.15, 0.2) is 37.3 Å². The molecule has 0 bridgehead atoms. The Hall–Kier alpha value is -3.65. The molecule has 0 saturated carbocycles. The number of benzene rings is 1. The van der Waals surface area contributed by atoms with Crippen molar-refractivity contribution in [1.29, 1.82) is 0 Å². The lowest BCUT2D eigenvalue weighted by molar-refractivity contribution is 0.262. The first kappa shape index (κ1) is 22.5. The fourth-order valence-electron chi connectivity index (χ4n) is 3.14. The highest BCUT2D eigenvalue weighted by atomic mass is 32.2. The van der Waals surface area contributed by atoms with Crippen molar-refractivity contribution < 1.29 is 9.53 Å². The van der Waals surface area contributed by atoms with Crippen molar-refractivity contribution in [3.63, 3.8) is 0 Å². The normalized spacial score (nSPS) is 11.1. The molecule has 3 aromatic heterocycles. The first-order valence-electron chi connectivity index (χ1n) is 9.56. The van der Waals surface area contributed by atoms with Crippen LogP contribution in [-0.4, -0.2) is 42.0 Å². The molecule has 0 spiro atoms. The second-order valence-corrected chi connectivity index (χ2v) is 9.28. The molecule has 2 N–H and O–H groups in total. The van der Waals surface area contributed by atoms with Crippen molar-refractivity contribution in [2.75, 3.05) is 17.7 Å². The zero-order valence-electron chi connectivity index (χ0n) is 18.4. The second kappa shape index (κ2) is 8.71. The molecule has 172 valence electrons. The van der Waals surface area contributed by atoms with Crippen LogP contribution in [0.3, 0.4) is 0 Å². The van der Waals surface area contributed by atoms with E-state index in [1.54, 1.807) is 30.8 Å². The van der Waals surface area contributed by atoms with Crippen LogP contribution in [0.4, 0.5) is 15.6 Å². The van der Waals surface area contributed by atoms with E-state index in [4.69, 9.17) is 4.74 Å². The summed E-state index contributed by atoms with van der Waals surface area (Å²) in [5.74, 6) is 0.534. The second-order valence-electron chi connectivity index (χ2n) is 7.09. The first-order valence-corrected chi connectivity index (χ1v) is 11.2. The highest BCUT2D eigenvalue weighted by Crippen LogP contribution is 2.32. The third-order valence-corrected chi connectivity index (χ3v) is 6.78. The number of ether oxygens (including phenoxy) is 1. The third-order valence-electron chi connectivity index (χ3n) is 4.84. The van der Waals surface area contributed by atoms with Gasteiger partial charge in [-0.25, -0.2) is 14.6 Å². The molecule has 0 unspecified atom stereocenters. The molecular weight excluding hydrogens is 468 g/mol. The van der Waals surface area contributed by atoms with Crippen LogP contribution >= 0.6 is 23.1 Å². The number of rotatable bonds is 5. The Labute approximate surface area is 195 Å². The molecular formula is C19H20N8O4S2. The standard InChI is InChI=1S/C19H20N8O4S2/c1-9-6-7-11(31-5)10(8-9)20-15(29)22-16-23-24-18(32-16)33-17-21-13-12(25(17)2)14(28)27(4)19(30)26(13)3/h6-8H,1-5H3,(H2,20,22,23,29). The maximum Gasteiger partial charge on any atom is 0.332 e. The van der Waals surface area contributed by atoms with E-state index in [1.165, 1.54) is 30.5 Å². The number of urea groups is 1. The summed E-state index contributed by atoms with van der Waals surface area (Å²) in [6, 6.07) is 4.95. The largest absolute Gasteiger partial charge is 0.495 e. The number of imidazole rings is 1. The van der Waals surface area contributed by atoms with Gasteiger partial charge in [0.05, 0.1) is 12.8 Å². The maximum absolute atomic E-state index is 12.5. The minimum atomic E-state index is -0.493. The molecule has 0 radical (unpaired) electrons. The lowest BCUT2D eigenvalue weighted by Gasteiger charge is -2.10. The number of aryl methyl sites for hydroxylation is 3. The van der Waals surface area contributed by atoms with Crippen molar-refractivity contribution >= 4 is 51.1 Å². The summed E-state index contributed by atoms with van der Waals surface area (Å²) < 4.78 is 9.72. The number of methoxy groups -OCH3 is 1. The van der Waals surface area contributed by atoms with Gasteiger partial charge in [-0.3, -0.25) is 19.2 Å². The Morgan fingerprint density at radius 1 is 1.09 bits per heavy atom. The first-order chi connectivity index (χ1) is 15.7. The number of nitrogens with one attached hydrogen (secondary N) is 2. The molecule has 0 aliphatic heterocycles. The van der Waals surface area contributed by atoms with Crippen LogP contribution in [0.25, 0.3) is 11.2 Å². The molecule has 0 saturated heterocycles. The number of hydrogen-bond acceptors (Lipinski definition) is 9. The van der Waals surface area contributed by atoms with E-state index < -0.39 is 17.3 Å². The minimum absolute atomic E-state index is 0.280. The number of nitrogens with zero attached hydrogens (tertiary/aromatic N) is 6. The summed E-state index contributed by atoms with van der Waals surface area (Å²) in [4.78, 5) is 41.5. The number of aromatic nitrogens is 6. The predicted octanol–water partition coefficient (Wildman–Crippen LogP) is 1.93. The third kappa shape index (κ3) is 4.21. The van der Waals surface area contributed by atoms with Gasteiger partial charge in [-0.1, -0.05) is 17.4 Å². The summed E-state index contributed by atoms with van der Waals surface area (Å²) in [7, 11) is 6.19. The summed E-state index contributed by atoms with van der Waals surface area (Å²) in [6.07, 6.45) is 0. The average Bonchev–Trinajstić information content (AvgIpc) is 3.35. The average molecular weight is 489 g/mol. The number of carbonyl (C=O) groups is 1. The van der Waals surface area contributed by atoms with Gasteiger partial charge in [0.1, 0.15) is 5.75 Å². The minimum Gasteiger partial charge on any atom is -0.495 e. The number of carbonyl (C=O) groups excluding carboxylic acids is 1. The molecule has 14 heteroatoms. The van der Waals surface area contributed by atoms with Crippen LogP contribution in [0.2, 0.25) is 0 Å². The Morgan fingerprint density at radius 2 is 1.85 bits per heavy atom. The number of amides is 2. The number of anilines is 2. The van der Waals surface area contributed by atoms with Gasteiger partial charge in [0.25, 0.3) is 5.56 Å². The Bertz CT molecular complexity index is 1500. The summed E-state index contributed by atoms with van der Waals surface area (Å²) >= 11 is 2.32. The van der Waals surface area contributed by atoms with E-state index in [-0.39, 0.29) is 10.8 Å². The van der Waals surface area contributed by atoms with E-state index in [0.717, 1.165) is 21.5 Å². The lowest BCUT2D eigenvalue weighted by Crippen LogP contribution is -2.37. The van der Waals surface area contributed by atoms with Crippen LogP contribution in [0.5, 0.6) is 5.75 Å². The zero-order valence-corrected chi connectivity index (χ0v) is 20.0. The van der Waals surface area contributed by atoms with Crippen molar-refractivity contribution in [3.8, 4) is 5.75 Å². The molecule has 12 nitrogen and oxygen atoms in total. The summed E-state index contributed by atoms with van der Waals surface area (Å²) in [5, 5.41) is 14.2. The van der Waals surface area contributed by atoms with Crippen LogP contribution in [0, 0.1) is 6.92 Å². The van der Waals surface area contributed by atoms with Crippen molar-refractivity contribution in [1.82, 2.24) is 28.9 Å². The summed E-state index contributed by atoms with van der Waals surface area (Å²) in [6.45, 7) is 1.91. The van der Waals surface area contributed by atoms with E-state index in [0.29, 0.717) is 26.4 Å². The maximum atomic E-state index is 12.5.